The molecule has 0 N–H and O–H groups in total. The first kappa shape index (κ1) is 22.2. The summed E-state index contributed by atoms with van der Waals surface area (Å²) in [5, 5.41) is 0. The second-order valence-corrected chi connectivity index (χ2v) is 8.48. The number of alkyl halides is 3. The Balaban J connectivity index is 1.40. The predicted molar refractivity (Wildman–Crippen MR) is 113 cm³/mol. The van der Waals surface area contributed by atoms with Crippen LogP contribution in [0.4, 0.5) is 17.6 Å². The van der Waals surface area contributed by atoms with Crippen molar-refractivity contribution in [2.75, 3.05) is 6.54 Å². The molecular weight excluding hydrogens is 452 g/mol. The summed E-state index contributed by atoms with van der Waals surface area (Å²) >= 11 is 0. The first-order valence-corrected chi connectivity index (χ1v) is 10.9. The van der Waals surface area contributed by atoms with Crippen LogP contribution in [-0.2, 0) is 6.18 Å². The van der Waals surface area contributed by atoms with Crippen LogP contribution >= 0.6 is 0 Å². The fourth-order valence-electron chi connectivity index (χ4n) is 4.75. The molecule has 2 aliphatic heterocycles. The van der Waals surface area contributed by atoms with Crippen LogP contribution in [0.2, 0.25) is 0 Å². The van der Waals surface area contributed by atoms with Crippen molar-refractivity contribution in [1.82, 2.24) is 19.9 Å². The molecule has 3 aromatic rings. The molecule has 34 heavy (non-hydrogen) atoms. The lowest BCUT2D eigenvalue weighted by Gasteiger charge is -2.49. The second kappa shape index (κ2) is 8.66. The molecule has 3 fully saturated rings. The summed E-state index contributed by atoms with van der Waals surface area (Å²) in [4.78, 5) is 27.4. The van der Waals surface area contributed by atoms with Gasteiger partial charge in [0.25, 0.3) is 5.91 Å². The number of piperidine rings is 2. The molecule has 3 unspecified atom stereocenters. The van der Waals surface area contributed by atoms with Crippen LogP contribution in [0.25, 0.3) is 11.4 Å². The van der Waals surface area contributed by atoms with E-state index < -0.39 is 23.7 Å². The smallest absolute Gasteiger partial charge is 0.417 e. The average molecular weight is 472 g/mol. The predicted octanol–water partition coefficient (Wildman–Crippen LogP) is 4.77. The van der Waals surface area contributed by atoms with Crippen molar-refractivity contribution in [3.05, 3.63) is 71.9 Å². The second-order valence-electron chi connectivity index (χ2n) is 8.48. The third kappa shape index (κ3) is 4.20. The standard InChI is InChI=1S/C24H20F4N4O2/c25-17-4-2-10-30-22(17)21-16(3-1-9-29-21)23(33)32-13-14-5-7-18(32)19(11-14)34-20-8-6-15(12-31-20)24(26,27)28/h1-4,6,8-10,12,14,18-19H,5,7,11,13H2. The van der Waals surface area contributed by atoms with Crippen molar-refractivity contribution in [2.45, 2.75) is 37.6 Å². The molecule has 6 nitrogen and oxygen atoms in total. The van der Waals surface area contributed by atoms with Gasteiger partial charge >= 0.3 is 6.18 Å². The van der Waals surface area contributed by atoms with E-state index in [-0.39, 0.29) is 40.7 Å². The van der Waals surface area contributed by atoms with Crippen LogP contribution in [0.5, 0.6) is 5.88 Å². The molecule has 3 aliphatic rings. The Kier molecular flexibility index (Phi) is 5.66. The molecule has 176 valence electrons. The van der Waals surface area contributed by atoms with Gasteiger partial charge in [0.1, 0.15) is 17.5 Å². The van der Waals surface area contributed by atoms with E-state index in [0.717, 1.165) is 18.7 Å². The molecule has 2 saturated heterocycles. The highest BCUT2D eigenvalue weighted by Gasteiger charge is 2.45. The maximum Gasteiger partial charge on any atom is 0.417 e. The van der Waals surface area contributed by atoms with Crippen LogP contribution in [0.1, 0.15) is 35.2 Å². The number of hydrogen-bond acceptors (Lipinski definition) is 5. The van der Waals surface area contributed by atoms with E-state index in [1.165, 1.54) is 30.6 Å². The Morgan fingerprint density at radius 2 is 1.76 bits per heavy atom. The Morgan fingerprint density at radius 3 is 2.44 bits per heavy atom. The van der Waals surface area contributed by atoms with Gasteiger partial charge in [-0.3, -0.25) is 14.8 Å². The van der Waals surface area contributed by atoms with Crippen molar-refractivity contribution in [3.8, 4) is 17.3 Å². The van der Waals surface area contributed by atoms with Gasteiger partial charge in [0.15, 0.2) is 5.82 Å². The van der Waals surface area contributed by atoms with Gasteiger partial charge in [-0.1, -0.05) is 0 Å². The van der Waals surface area contributed by atoms with Crippen molar-refractivity contribution < 1.29 is 27.1 Å². The van der Waals surface area contributed by atoms with Crippen molar-refractivity contribution in [2.24, 2.45) is 5.92 Å². The zero-order valence-electron chi connectivity index (χ0n) is 17.9. The number of rotatable bonds is 4. The minimum absolute atomic E-state index is 0.00428. The number of hydrogen-bond donors (Lipinski definition) is 0. The summed E-state index contributed by atoms with van der Waals surface area (Å²) in [7, 11) is 0. The van der Waals surface area contributed by atoms with Crippen molar-refractivity contribution in [3.63, 3.8) is 0 Å². The third-order valence-electron chi connectivity index (χ3n) is 6.34. The molecule has 0 radical (unpaired) electrons. The molecule has 3 aromatic heterocycles. The number of ether oxygens (including phenoxy) is 1. The minimum Gasteiger partial charge on any atom is -0.472 e. The monoisotopic (exact) mass is 472 g/mol. The summed E-state index contributed by atoms with van der Waals surface area (Å²) in [5.74, 6) is -0.628. The zero-order valence-corrected chi connectivity index (χ0v) is 17.9. The van der Waals surface area contributed by atoms with E-state index in [0.29, 0.717) is 19.4 Å². The molecule has 1 saturated carbocycles. The van der Waals surface area contributed by atoms with E-state index in [1.54, 1.807) is 17.0 Å². The molecule has 6 rings (SSSR count). The van der Waals surface area contributed by atoms with Crippen LogP contribution in [0, 0.1) is 11.7 Å². The first-order chi connectivity index (χ1) is 16.3. The molecule has 2 bridgehead atoms. The SMILES string of the molecule is O=C(c1cccnc1-c1ncccc1F)N1CC2CCC1C(Oc1ccc(C(F)(F)F)cn1)C2. The van der Waals surface area contributed by atoms with Gasteiger partial charge in [0, 0.05) is 31.2 Å². The number of carbonyl (C=O) groups excluding carboxylic acids is 1. The van der Waals surface area contributed by atoms with Gasteiger partial charge in [0.05, 0.1) is 17.2 Å². The molecule has 5 heterocycles. The van der Waals surface area contributed by atoms with Gasteiger partial charge in [-0.15, -0.1) is 0 Å². The summed E-state index contributed by atoms with van der Waals surface area (Å²) in [5.41, 5.74) is -0.462. The average Bonchev–Trinajstić information content (AvgIpc) is 2.84. The Bertz CT molecular complexity index is 1200. The molecule has 1 aliphatic carbocycles. The first-order valence-electron chi connectivity index (χ1n) is 10.9. The Labute approximate surface area is 192 Å². The number of pyridine rings is 3. The number of aromatic nitrogens is 3. The van der Waals surface area contributed by atoms with Crippen LogP contribution < -0.4 is 4.74 Å². The lowest BCUT2D eigenvalue weighted by atomic mass is 9.77. The van der Waals surface area contributed by atoms with E-state index in [9.17, 15) is 22.4 Å². The van der Waals surface area contributed by atoms with Gasteiger partial charge < -0.3 is 9.64 Å². The summed E-state index contributed by atoms with van der Waals surface area (Å²) in [6.07, 6.45) is 1.04. The molecule has 1 amide bonds. The summed E-state index contributed by atoms with van der Waals surface area (Å²) in [6.45, 7) is 0.517. The van der Waals surface area contributed by atoms with Gasteiger partial charge in [-0.2, -0.15) is 13.2 Å². The molecular formula is C24H20F4N4O2. The molecule has 0 aromatic carbocycles. The third-order valence-corrected chi connectivity index (χ3v) is 6.34. The van der Waals surface area contributed by atoms with E-state index in [2.05, 4.69) is 15.0 Å². The quantitative estimate of drug-likeness (QED) is 0.512. The van der Waals surface area contributed by atoms with Crippen LogP contribution in [0.3, 0.4) is 0 Å². The highest BCUT2D eigenvalue weighted by atomic mass is 19.4. The molecule has 3 atom stereocenters. The largest absolute Gasteiger partial charge is 0.472 e. The van der Waals surface area contributed by atoms with Gasteiger partial charge in [-0.25, -0.2) is 9.37 Å². The fourth-order valence-corrected chi connectivity index (χ4v) is 4.75. The normalized spacial score (nSPS) is 22.0. The zero-order chi connectivity index (χ0) is 23.9. The number of halogens is 4. The lowest BCUT2D eigenvalue weighted by Crippen LogP contribution is -2.59. The maximum absolute atomic E-state index is 14.4. The van der Waals surface area contributed by atoms with E-state index in [1.807, 2.05) is 0 Å². The fraction of sp³-hybridized carbons (Fsp3) is 0.333. The van der Waals surface area contributed by atoms with Gasteiger partial charge in [-0.05, 0) is 55.5 Å². The number of amides is 1. The number of carbonyl (C=O) groups is 1. The topological polar surface area (TPSA) is 68.2 Å². The summed E-state index contributed by atoms with van der Waals surface area (Å²) < 4.78 is 58.8. The number of fused-ring (bicyclic) bond motifs is 3. The van der Waals surface area contributed by atoms with Crippen molar-refractivity contribution >= 4 is 5.91 Å². The van der Waals surface area contributed by atoms with E-state index >= 15 is 0 Å². The highest BCUT2D eigenvalue weighted by molar-refractivity contribution is 5.99. The minimum atomic E-state index is -4.48. The van der Waals surface area contributed by atoms with Gasteiger partial charge in [0.2, 0.25) is 5.88 Å². The number of nitrogens with zero attached hydrogens (tertiary/aromatic N) is 4. The maximum atomic E-state index is 14.4. The van der Waals surface area contributed by atoms with E-state index in [4.69, 9.17) is 4.74 Å². The van der Waals surface area contributed by atoms with Crippen LogP contribution in [-0.4, -0.2) is 44.4 Å². The Morgan fingerprint density at radius 1 is 1.00 bits per heavy atom. The Hall–Kier alpha value is -3.56. The molecule has 10 heteroatoms. The lowest BCUT2D eigenvalue weighted by molar-refractivity contribution is -0.137. The van der Waals surface area contributed by atoms with Crippen LogP contribution in [0.15, 0.2) is 55.0 Å². The van der Waals surface area contributed by atoms with Crippen molar-refractivity contribution in [1.29, 1.82) is 0 Å². The summed E-state index contributed by atoms with van der Waals surface area (Å²) in [6, 6.07) is 7.76. The molecule has 0 spiro atoms. The highest BCUT2D eigenvalue weighted by Crippen LogP contribution is 2.39.